The van der Waals surface area contributed by atoms with Gasteiger partial charge in [0.05, 0.1) is 18.4 Å². The van der Waals surface area contributed by atoms with Gasteiger partial charge >= 0.3 is 0 Å². The SMILES string of the molecule is CCc1cc2c(s1)[C@]1(C[C@@H](/C(C=NC)=N/N)N[C@@H](C)C1)OCC2. The van der Waals surface area contributed by atoms with E-state index in [4.69, 9.17) is 10.6 Å². The monoisotopic (exact) mass is 334 g/mol. The van der Waals surface area contributed by atoms with Crippen molar-refractivity contribution in [1.29, 1.82) is 0 Å². The van der Waals surface area contributed by atoms with Crippen LogP contribution >= 0.6 is 11.3 Å². The average Bonchev–Trinajstić information content (AvgIpc) is 2.97. The molecule has 1 spiro atoms. The zero-order valence-corrected chi connectivity index (χ0v) is 14.9. The second-order valence-electron chi connectivity index (χ2n) is 6.48. The summed E-state index contributed by atoms with van der Waals surface area (Å²) < 4.78 is 6.39. The summed E-state index contributed by atoms with van der Waals surface area (Å²) in [4.78, 5) is 6.96. The van der Waals surface area contributed by atoms with E-state index in [1.807, 2.05) is 11.3 Å². The molecule has 6 heteroatoms. The minimum Gasteiger partial charge on any atom is -0.369 e. The molecule has 1 saturated heterocycles. The maximum atomic E-state index is 6.39. The standard InChI is InChI=1S/C17H26N4OS/c1-4-13-7-12-5-6-22-17(16(12)23-13)8-11(2)20-14(9-17)15(21-18)10-19-3/h7,10-11,14,20H,4-6,8-9,18H2,1-3H3/b19-10?,21-15+/t11-,14-,17-/m0/s1. The summed E-state index contributed by atoms with van der Waals surface area (Å²) in [5, 5.41) is 7.54. The Hall–Kier alpha value is -1.24. The first-order valence-electron chi connectivity index (χ1n) is 8.34. The van der Waals surface area contributed by atoms with Crippen LogP contribution in [0.25, 0.3) is 0 Å². The van der Waals surface area contributed by atoms with E-state index in [9.17, 15) is 0 Å². The number of ether oxygens (including phenoxy) is 1. The van der Waals surface area contributed by atoms with Crippen molar-refractivity contribution >= 4 is 23.3 Å². The van der Waals surface area contributed by atoms with Crippen LogP contribution in [0.3, 0.4) is 0 Å². The first-order chi connectivity index (χ1) is 11.1. The van der Waals surface area contributed by atoms with Crippen LogP contribution in [0.5, 0.6) is 0 Å². The molecule has 2 aliphatic heterocycles. The highest BCUT2D eigenvalue weighted by Gasteiger charge is 2.46. The van der Waals surface area contributed by atoms with Gasteiger partial charge in [0.1, 0.15) is 5.60 Å². The van der Waals surface area contributed by atoms with Gasteiger partial charge in [-0.05, 0) is 37.8 Å². The highest BCUT2D eigenvalue weighted by atomic mass is 32.1. The van der Waals surface area contributed by atoms with E-state index in [0.29, 0.717) is 6.04 Å². The molecule has 3 rings (SSSR count). The number of aliphatic imine (C=N–C) groups is 1. The van der Waals surface area contributed by atoms with Gasteiger partial charge in [0.15, 0.2) is 0 Å². The Morgan fingerprint density at radius 3 is 3.09 bits per heavy atom. The molecule has 0 amide bonds. The van der Waals surface area contributed by atoms with Crippen LogP contribution in [-0.4, -0.2) is 37.7 Å². The predicted molar refractivity (Wildman–Crippen MR) is 96.7 cm³/mol. The van der Waals surface area contributed by atoms with Crippen molar-refractivity contribution in [3.05, 3.63) is 21.4 Å². The minimum atomic E-state index is -0.210. The highest BCUT2D eigenvalue weighted by Crippen LogP contribution is 2.46. The topological polar surface area (TPSA) is 72.0 Å². The van der Waals surface area contributed by atoms with Crippen molar-refractivity contribution in [2.24, 2.45) is 15.9 Å². The Kier molecular flexibility index (Phi) is 4.85. The molecule has 2 aliphatic rings. The molecule has 0 saturated carbocycles. The predicted octanol–water partition coefficient (Wildman–Crippen LogP) is 2.23. The molecule has 1 aromatic heterocycles. The van der Waals surface area contributed by atoms with Crippen LogP contribution in [0.15, 0.2) is 16.2 Å². The lowest BCUT2D eigenvalue weighted by Gasteiger charge is -2.46. The number of aryl methyl sites for hydroxylation is 1. The largest absolute Gasteiger partial charge is 0.369 e. The van der Waals surface area contributed by atoms with Gasteiger partial charge in [-0.1, -0.05) is 6.92 Å². The van der Waals surface area contributed by atoms with Gasteiger partial charge in [0.25, 0.3) is 0 Å². The molecule has 3 heterocycles. The van der Waals surface area contributed by atoms with Crippen molar-refractivity contribution in [3.8, 4) is 0 Å². The molecule has 1 aromatic rings. The lowest BCUT2D eigenvalue weighted by Crippen LogP contribution is -2.56. The fraction of sp³-hybridized carbons (Fsp3) is 0.647. The number of fused-ring (bicyclic) bond motifs is 2. The Balaban J connectivity index is 1.97. The van der Waals surface area contributed by atoms with E-state index in [1.165, 1.54) is 15.3 Å². The van der Waals surface area contributed by atoms with Crippen LogP contribution in [-0.2, 0) is 23.2 Å². The molecule has 0 aromatic carbocycles. The summed E-state index contributed by atoms with van der Waals surface area (Å²) in [6.45, 7) is 5.22. The van der Waals surface area contributed by atoms with Gasteiger partial charge < -0.3 is 15.9 Å². The summed E-state index contributed by atoms with van der Waals surface area (Å²) in [5.74, 6) is 5.59. The molecule has 0 radical (unpaired) electrons. The van der Waals surface area contributed by atoms with Crippen molar-refractivity contribution in [1.82, 2.24) is 5.32 Å². The van der Waals surface area contributed by atoms with Gasteiger partial charge in [-0.2, -0.15) is 5.10 Å². The van der Waals surface area contributed by atoms with E-state index in [2.05, 4.69) is 35.3 Å². The maximum Gasteiger partial charge on any atom is 0.106 e. The second kappa shape index (κ2) is 6.71. The summed E-state index contributed by atoms with van der Waals surface area (Å²) in [5.41, 5.74) is 2.06. The van der Waals surface area contributed by atoms with E-state index >= 15 is 0 Å². The molecule has 3 N–H and O–H groups in total. The molecule has 23 heavy (non-hydrogen) atoms. The smallest absolute Gasteiger partial charge is 0.106 e. The van der Waals surface area contributed by atoms with Gasteiger partial charge in [-0.3, -0.25) is 4.99 Å². The number of thiophene rings is 1. The van der Waals surface area contributed by atoms with Gasteiger partial charge in [-0.15, -0.1) is 11.3 Å². The number of nitrogens with one attached hydrogen (secondary N) is 1. The van der Waals surface area contributed by atoms with Crippen LogP contribution in [0, 0.1) is 0 Å². The number of nitrogens with zero attached hydrogens (tertiary/aromatic N) is 2. The van der Waals surface area contributed by atoms with Crippen LogP contribution < -0.4 is 11.2 Å². The lowest BCUT2D eigenvalue weighted by molar-refractivity contribution is -0.0893. The summed E-state index contributed by atoms with van der Waals surface area (Å²) in [7, 11) is 1.75. The van der Waals surface area contributed by atoms with E-state index in [0.717, 1.165) is 38.0 Å². The lowest BCUT2D eigenvalue weighted by atomic mass is 9.78. The van der Waals surface area contributed by atoms with E-state index in [1.54, 1.807) is 13.3 Å². The van der Waals surface area contributed by atoms with Crippen molar-refractivity contribution < 1.29 is 4.74 Å². The zero-order chi connectivity index (χ0) is 16.4. The van der Waals surface area contributed by atoms with E-state index in [-0.39, 0.29) is 11.6 Å². The molecule has 1 fully saturated rings. The number of hydrazone groups is 1. The summed E-state index contributed by atoms with van der Waals surface area (Å²) in [6.07, 6.45) is 5.70. The van der Waals surface area contributed by atoms with Crippen LogP contribution in [0.4, 0.5) is 0 Å². The third-order valence-corrected chi connectivity index (χ3v) is 6.30. The molecule has 0 unspecified atom stereocenters. The molecule has 5 nitrogen and oxygen atoms in total. The Bertz CT molecular complexity index is 624. The van der Waals surface area contributed by atoms with Crippen molar-refractivity contribution in [2.75, 3.05) is 13.7 Å². The molecule has 126 valence electrons. The maximum absolute atomic E-state index is 6.39. The molecule has 3 atom stereocenters. The van der Waals surface area contributed by atoms with Crippen molar-refractivity contribution in [3.63, 3.8) is 0 Å². The fourth-order valence-electron chi connectivity index (χ4n) is 3.86. The quantitative estimate of drug-likeness (QED) is 0.506. The van der Waals surface area contributed by atoms with Gasteiger partial charge in [0.2, 0.25) is 0 Å². The fourth-order valence-corrected chi connectivity index (χ4v) is 5.17. The normalized spacial score (nSPS) is 31.7. The summed E-state index contributed by atoms with van der Waals surface area (Å²) in [6, 6.07) is 2.79. The zero-order valence-electron chi connectivity index (χ0n) is 14.1. The van der Waals surface area contributed by atoms with Crippen LogP contribution in [0.2, 0.25) is 0 Å². The number of nitrogens with two attached hydrogens (primary N) is 1. The minimum absolute atomic E-state index is 0.0746. The molecule has 0 bridgehead atoms. The number of hydrogen-bond acceptors (Lipinski definition) is 6. The van der Waals surface area contributed by atoms with Crippen LogP contribution in [0.1, 0.15) is 42.0 Å². The van der Waals surface area contributed by atoms with Gasteiger partial charge in [0, 0.05) is 35.5 Å². The Morgan fingerprint density at radius 2 is 2.39 bits per heavy atom. The second-order valence-corrected chi connectivity index (χ2v) is 7.62. The van der Waals surface area contributed by atoms with Crippen molar-refractivity contribution in [2.45, 2.75) is 57.2 Å². The number of hydrogen-bond donors (Lipinski definition) is 2. The average molecular weight is 334 g/mol. The van der Waals surface area contributed by atoms with Gasteiger partial charge in [-0.25, -0.2) is 0 Å². The van der Waals surface area contributed by atoms with E-state index < -0.39 is 0 Å². The Labute approximate surface area is 142 Å². The highest BCUT2D eigenvalue weighted by molar-refractivity contribution is 7.12. The summed E-state index contributed by atoms with van der Waals surface area (Å²) >= 11 is 1.92. The number of rotatable bonds is 3. The Morgan fingerprint density at radius 1 is 1.57 bits per heavy atom. The number of piperidine rings is 1. The first-order valence-corrected chi connectivity index (χ1v) is 9.15. The first kappa shape index (κ1) is 16.6. The third-order valence-electron chi connectivity index (χ3n) is 4.79. The molecule has 0 aliphatic carbocycles. The third kappa shape index (κ3) is 3.07. The molecular weight excluding hydrogens is 308 g/mol. The molecular formula is C17H26N4OS.